The fourth-order valence-corrected chi connectivity index (χ4v) is 2.86. The van der Waals surface area contributed by atoms with Crippen molar-refractivity contribution < 1.29 is 9.47 Å². The molecule has 0 aliphatic carbocycles. The van der Waals surface area contributed by atoms with Crippen LogP contribution in [0.2, 0.25) is 0 Å². The van der Waals surface area contributed by atoms with Gasteiger partial charge in [0.15, 0.2) is 11.8 Å². The highest BCUT2D eigenvalue weighted by Crippen LogP contribution is 2.12. The topological polar surface area (TPSA) is 85.6 Å². The molecule has 1 aliphatic heterocycles. The molecule has 1 unspecified atom stereocenters. The standard InChI is InChI=1S/C19H28N6O2/c1-14-23-24-18(25(14)2)13-22-19(21-12-17-5-4-10-27-17)20-11-15-6-8-16(26-3)9-7-15/h6-9,17H,4-5,10-13H2,1-3H3,(H2,20,21,22). The first kappa shape index (κ1) is 19.2. The van der Waals surface area contributed by atoms with Crippen molar-refractivity contribution in [3.8, 4) is 5.75 Å². The van der Waals surface area contributed by atoms with Crippen molar-refractivity contribution in [2.75, 3.05) is 20.3 Å². The van der Waals surface area contributed by atoms with Gasteiger partial charge in [0.05, 0.1) is 26.3 Å². The average molecular weight is 372 g/mol. The summed E-state index contributed by atoms with van der Waals surface area (Å²) in [5.74, 6) is 3.33. The molecule has 146 valence electrons. The molecule has 1 saturated heterocycles. The molecule has 27 heavy (non-hydrogen) atoms. The van der Waals surface area contributed by atoms with Crippen LogP contribution in [0.3, 0.4) is 0 Å². The molecule has 8 nitrogen and oxygen atoms in total. The fraction of sp³-hybridized carbons (Fsp3) is 0.526. The maximum Gasteiger partial charge on any atom is 0.192 e. The van der Waals surface area contributed by atoms with Gasteiger partial charge >= 0.3 is 0 Å². The smallest absolute Gasteiger partial charge is 0.192 e. The summed E-state index contributed by atoms with van der Waals surface area (Å²) in [6, 6.07) is 7.93. The number of nitrogens with zero attached hydrogens (tertiary/aromatic N) is 4. The van der Waals surface area contributed by atoms with Crippen LogP contribution < -0.4 is 15.4 Å². The van der Waals surface area contributed by atoms with Gasteiger partial charge in [-0.15, -0.1) is 10.2 Å². The lowest BCUT2D eigenvalue weighted by atomic mass is 10.2. The summed E-state index contributed by atoms with van der Waals surface area (Å²) in [6.07, 6.45) is 2.45. The number of hydrogen-bond acceptors (Lipinski definition) is 5. The lowest BCUT2D eigenvalue weighted by Crippen LogP contribution is -2.41. The van der Waals surface area contributed by atoms with Crippen LogP contribution in [0.5, 0.6) is 5.75 Å². The number of nitrogens with one attached hydrogen (secondary N) is 2. The summed E-state index contributed by atoms with van der Waals surface area (Å²) in [7, 11) is 3.62. The number of guanidine groups is 1. The number of ether oxygens (including phenoxy) is 2. The lowest BCUT2D eigenvalue weighted by Gasteiger charge is -2.15. The summed E-state index contributed by atoms with van der Waals surface area (Å²) in [5, 5.41) is 15.0. The van der Waals surface area contributed by atoms with E-state index in [-0.39, 0.29) is 6.10 Å². The predicted octanol–water partition coefficient (Wildman–Crippen LogP) is 1.55. The molecule has 3 rings (SSSR count). The van der Waals surface area contributed by atoms with Crippen molar-refractivity contribution in [2.24, 2.45) is 12.0 Å². The molecule has 2 aromatic rings. The number of methoxy groups -OCH3 is 1. The molecule has 0 saturated carbocycles. The number of rotatable bonds is 7. The van der Waals surface area contributed by atoms with E-state index in [1.54, 1.807) is 7.11 Å². The minimum absolute atomic E-state index is 0.245. The van der Waals surface area contributed by atoms with Crippen molar-refractivity contribution in [1.29, 1.82) is 0 Å². The summed E-state index contributed by atoms with van der Waals surface area (Å²) in [6.45, 7) is 4.65. The van der Waals surface area contributed by atoms with Crippen LogP contribution in [-0.4, -0.2) is 47.1 Å². The van der Waals surface area contributed by atoms with E-state index < -0.39 is 0 Å². The van der Waals surface area contributed by atoms with Gasteiger partial charge in [0, 0.05) is 20.2 Å². The Morgan fingerprint density at radius 3 is 2.74 bits per heavy atom. The first-order valence-electron chi connectivity index (χ1n) is 9.27. The van der Waals surface area contributed by atoms with Crippen LogP contribution >= 0.6 is 0 Å². The van der Waals surface area contributed by atoms with Crippen LogP contribution in [0, 0.1) is 6.92 Å². The average Bonchev–Trinajstić information content (AvgIpc) is 3.33. The second-order valence-electron chi connectivity index (χ2n) is 6.60. The Hall–Kier alpha value is -2.61. The third-order valence-corrected chi connectivity index (χ3v) is 4.70. The highest BCUT2D eigenvalue weighted by molar-refractivity contribution is 5.79. The van der Waals surface area contributed by atoms with Gasteiger partial charge in [-0.3, -0.25) is 0 Å². The van der Waals surface area contributed by atoms with Crippen LogP contribution in [0.1, 0.15) is 30.1 Å². The van der Waals surface area contributed by atoms with E-state index >= 15 is 0 Å². The van der Waals surface area contributed by atoms with E-state index in [2.05, 4.69) is 20.8 Å². The second kappa shape index (κ2) is 9.36. The van der Waals surface area contributed by atoms with Crippen LogP contribution in [-0.2, 0) is 24.9 Å². The van der Waals surface area contributed by atoms with Crippen molar-refractivity contribution in [3.63, 3.8) is 0 Å². The highest BCUT2D eigenvalue weighted by Gasteiger charge is 2.16. The third-order valence-electron chi connectivity index (χ3n) is 4.70. The summed E-state index contributed by atoms with van der Waals surface area (Å²) in [4.78, 5) is 4.70. The number of aliphatic imine (C=N–C) groups is 1. The molecule has 8 heteroatoms. The van der Waals surface area contributed by atoms with Crippen LogP contribution in [0.25, 0.3) is 0 Å². The van der Waals surface area contributed by atoms with E-state index in [9.17, 15) is 0 Å². The van der Waals surface area contributed by atoms with E-state index in [0.29, 0.717) is 13.1 Å². The van der Waals surface area contributed by atoms with E-state index in [0.717, 1.165) is 54.9 Å². The van der Waals surface area contributed by atoms with Crippen molar-refractivity contribution in [1.82, 2.24) is 25.4 Å². The molecule has 0 radical (unpaired) electrons. The molecule has 1 fully saturated rings. The Bertz CT molecular complexity index is 750. The zero-order valence-electron chi connectivity index (χ0n) is 16.2. The normalized spacial score (nSPS) is 17.1. The minimum Gasteiger partial charge on any atom is -0.497 e. The maximum absolute atomic E-state index is 5.69. The fourth-order valence-electron chi connectivity index (χ4n) is 2.86. The number of aromatic nitrogens is 3. The van der Waals surface area contributed by atoms with Crippen molar-refractivity contribution in [3.05, 3.63) is 41.5 Å². The van der Waals surface area contributed by atoms with Crippen LogP contribution in [0.15, 0.2) is 29.3 Å². The Kier molecular flexibility index (Phi) is 6.64. The molecule has 1 aliphatic rings. The minimum atomic E-state index is 0.245. The van der Waals surface area contributed by atoms with Gasteiger partial charge in [-0.2, -0.15) is 0 Å². The van der Waals surface area contributed by atoms with Gasteiger partial charge in [-0.25, -0.2) is 4.99 Å². The SMILES string of the molecule is COc1ccc(CN=C(NCc2nnc(C)n2C)NCC2CCCO2)cc1. The van der Waals surface area contributed by atoms with Gasteiger partial charge in [0.2, 0.25) is 0 Å². The van der Waals surface area contributed by atoms with E-state index in [1.807, 2.05) is 42.8 Å². The number of hydrogen-bond donors (Lipinski definition) is 2. The third kappa shape index (κ3) is 5.43. The number of benzene rings is 1. The zero-order chi connectivity index (χ0) is 19.1. The first-order chi connectivity index (χ1) is 13.2. The quantitative estimate of drug-likeness (QED) is 0.567. The second-order valence-corrected chi connectivity index (χ2v) is 6.60. The Labute approximate surface area is 160 Å². The van der Waals surface area contributed by atoms with Gasteiger partial charge in [-0.1, -0.05) is 12.1 Å². The lowest BCUT2D eigenvalue weighted by molar-refractivity contribution is 0.113. The molecule has 0 bridgehead atoms. The molecule has 1 atom stereocenters. The first-order valence-corrected chi connectivity index (χ1v) is 9.27. The van der Waals surface area contributed by atoms with Gasteiger partial charge in [0.1, 0.15) is 11.6 Å². The van der Waals surface area contributed by atoms with Gasteiger partial charge < -0.3 is 24.7 Å². The monoisotopic (exact) mass is 372 g/mol. The number of aryl methyl sites for hydroxylation is 1. The zero-order valence-corrected chi connectivity index (χ0v) is 16.2. The largest absolute Gasteiger partial charge is 0.497 e. The maximum atomic E-state index is 5.69. The van der Waals surface area contributed by atoms with Crippen molar-refractivity contribution in [2.45, 2.75) is 39.0 Å². The summed E-state index contributed by atoms with van der Waals surface area (Å²) in [5.41, 5.74) is 1.11. The molecule has 1 aromatic heterocycles. The molecular weight excluding hydrogens is 344 g/mol. The summed E-state index contributed by atoms with van der Waals surface area (Å²) < 4.78 is 12.9. The molecular formula is C19H28N6O2. The molecule has 2 heterocycles. The van der Waals surface area contributed by atoms with Gasteiger partial charge in [-0.05, 0) is 37.5 Å². The van der Waals surface area contributed by atoms with E-state index in [1.165, 1.54) is 0 Å². The Morgan fingerprint density at radius 2 is 2.11 bits per heavy atom. The Morgan fingerprint density at radius 1 is 1.30 bits per heavy atom. The highest BCUT2D eigenvalue weighted by atomic mass is 16.5. The van der Waals surface area contributed by atoms with E-state index in [4.69, 9.17) is 14.5 Å². The molecule has 2 N–H and O–H groups in total. The molecule has 1 aromatic carbocycles. The van der Waals surface area contributed by atoms with Crippen LogP contribution in [0.4, 0.5) is 0 Å². The molecule has 0 amide bonds. The summed E-state index contributed by atoms with van der Waals surface area (Å²) >= 11 is 0. The predicted molar refractivity (Wildman–Crippen MR) is 104 cm³/mol. The molecule has 0 spiro atoms. The van der Waals surface area contributed by atoms with Crippen molar-refractivity contribution >= 4 is 5.96 Å². The Balaban J connectivity index is 1.62. The van der Waals surface area contributed by atoms with Gasteiger partial charge in [0.25, 0.3) is 0 Å².